The molecule has 4 heteroatoms. The summed E-state index contributed by atoms with van der Waals surface area (Å²) in [5.74, 6) is 1.28. The third kappa shape index (κ3) is 3.86. The lowest BCUT2D eigenvalue weighted by atomic mass is 10.1. The second-order valence-electron chi connectivity index (χ2n) is 6.09. The molecule has 1 N–H and O–H groups in total. The van der Waals surface area contributed by atoms with Crippen molar-refractivity contribution in [3.05, 3.63) is 17.2 Å². The standard InChI is InChI=1S/C17H32N4/c1-5-17-19-15-13-18-11-10-16(15)21(17)14(4)9-8-12-20(6-2)7-3/h14,18H,5-13H2,1-4H3. The lowest BCUT2D eigenvalue weighted by Crippen LogP contribution is -2.26. The Bertz CT molecular complexity index is 434. The van der Waals surface area contributed by atoms with E-state index >= 15 is 0 Å². The number of hydrogen-bond donors (Lipinski definition) is 1. The zero-order valence-corrected chi connectivity index (χ0v) is 14.3. The summed E-state index contributed by atoms with van der Waals surface area (Å²) in [6.07, 6.45) is 4.69. The van der Waals surface area contributed by atoms with E-state index in [2.05, 4.69) is 42.5 Å². The highest BCUT2D eigenvalue weighted by molar-refractivity contribution is 5.21. The van der Waals surface area contributed by atoms with Crippen molar-refractivity contribution in [3.63, 3.8) is 0 Å². The molecule has 0 amide bonds. The molecule has 120 valence electrons. The van der Waals surface area contributed by atoms with Crippen LogP contribution < -0.4 is 5.32 Å². The second-order valence-corrected chi connectivity index (χ2v) is 6.09. The lowest BCUT2D eigenvalue weighted by Gasteiger charge is -2.23. The van der Waals surface area contributed by atoms with E-state index in [1.54, 1.807) is 0 Å². The zero-order valence-electron chi connectivity index (χ0n) is 14.3. The van der Waals surface area contributed by atoms with E-state index in [1.165, 1.54) is 36.6 Å². The Morgan fingerprint density at radius 3 is 2.71 bits per heavy atom. The van der Waals surface area contributed by atoms with Gasteiger partial charge in [0.2, 0.25) is 0 Å². The Labute approximate surface area is 129 Å². The minimum absolute atomic E-state index is 0.574. The van der Waals surface area contributed by atoms with Crippen molar-refractivity contribution < 1.29 is 0 Å². The monoisotopic (exact) mass is 292 g/mol. The van der Waals surface area contributed by atoms with Crippen molar-refractivity contribution in [1.29, 1.82) is 0 Å². The number of aryl methyl sites for hydroxylation is 1. The summed E-state index contributed by atoms with van der Waals surface area (Å²) in [6.45, 7) is 14.7. The van der Waals surface area contributed by atoms with E-state index in [9.17, 15) is 0 Å². The van der Waals surface area contributed by atoms with Crippen LogP contribution in [0, 0.1) is 0 Å². The van der Waals surface area contributed by atoms with Crippen LogP contribution in [0.15, 0.2) is 0 Å². The molecule has 0 saturated carbocycles. The summed E-state index contributed by atoms with van der Waals surface area (Å²) in [5.41, 5.74) is 2.77. The number of aromatic nitrogens is 2. The molecule has 21 heavy (non-hydrogen) atoms. The largest absolute Gasteiger partial charge is 0.329 e. The van der Waals surface area contributed by atoms with Crippen molar-refractivity contribution in [2.75, 3.05) is 26.2 Å². The van der Waals surface area contributed by atoms with E-state index in [-0.39, 0.29) is 0 Å². The molecule has 2 rings (SSSR count). The average molecular weight is 292 g/mol. The molecule has 0 radical (unpaired) electrons. The van der Waals surface area contributed by atoms with E-state index in [0.29, 0.717) is 6.04 Å². The Hall–Kier alpha value is -0.870. The van der Waals surface area contributed by atoms with E-state index in [0.717, 1.165) is 39.0 Å². The van der Waals surface area contributed by atoms with Gasteiger partial charge in [0.25, 0.3) is 0 Å². The van der Waals surface area contributed by atoms with Crippen LogP contribution in [0.2, 0.25) is 0 Å². The molecule has 0 saturated heterocycles. The molecule has 4 nitrogen and oxygen atoms in total. The van der Waals surface area contributed by atoms with E-state index in [4.69, 9.17) is 4.98 Å². The fourth-order valence-corrected chi connectivity index (χ4v) is 3.44. The Balaban J connectivity index is 2.01. The molecule has 0 spiro atoms. The predicted molar refractivity (Wildman–Crippen MR) is 88.7 cm³/mol. The quantitative estimate of drug-likeness (QED) is 0.800. The number of fused-ring (bicyclic) bond motifs is 1. The van der Waals surface area contributed by atoms with Crippen molar-refractivity contribution in [1.82, 2.24) is 19.8 Å². The number of nitrogens with zero attached hydrogens (tertiary/aromatic N) is 3. The first-order valence-corrected chi connectivity index (χ1v) is 8.73. The van der Waals surface area contributed by atoms with Crippen LogP contribution in [0.25, 0.3) is 0 Å². The van der Waals surface area contributed by atoms with Crippen LogP contribution in [-0.2, 0) is 19.4 Å². The molecule has 1 aromatic heterocycles. The molecule has 1 unspecified atom stereocenters. The van der Waals surface area contributed by atoms with Crippen LogP contribution >= 0.6 is 0 Å². The fourth-order valence-electron chi connectivity index (χ4n) is 3.44. The van der Waals surface area contributed by atoms with Crippen molar-refractivity contribution >= 4 is 0 Å². The van der Waals surface area contributed by atoms with Crippen LogP contribution in [0.3, 0.4) is 0 Å². The summed E-state index contributed by atoms with van der Waals surface area (Å²) in [6, 6.07) is 0.574. The van der Waals surface area contributed by atoms with Gasteiger partial charge in [0.15, 0.2) is 0 Å². The number of imidazole rings is 1. The zero-order chi connectivity index (χ0) is 15.2. The first kappa shape index (κ1) is 16.5. The SMILES string of the molecule is CCc1nc2c(n1C(C)CCCN(CC)CC)CCNC2. The van der Waals surface area contributed by atoms with Gasteiger partial charge in [0.1, 0.15) is 5.82 Å². The normalized spacial score (nSPS) is 16.2. The highest BCUT2D eigenvalue weighted by Gasteiger charge is 2.21. The maximum Gasteiger partial charge on any atom is 0.109 e. The Morgan fingerprint density at radius 2 is 2.05 bits per heavy atom. The van der Waals surface area contributed by atoms with Crippen LogP contribution in [0.4, 0.5) is 0 Å². The third-order valence-electron chi connectivity index (χ3n) is 4.74. The third-order valence-corrected chi connectivity index (χ3v) is 4.74. The minimum Gasteiger partial charge on any atom is -0.329 e. The number of hydrogen-bond acceptors (Lipinski definition) is 3. The first-order valence-electron chi connectivity index (χ1n) is 8.73. The smallest absolute Gasteiger partial charge is 0.109 e. The van der Waals surface area contributed by atoms with Gasteiger partial charge in [-0.05, 0) is 39.4 Å². The summed E-state index contributed by atoms with van der Waals surface area (Å²) in [4.78, 5) is 7.37. The molecule has 0 fully saturated rings. The lowest BCUT2D eigenvalue weighted by molar-refractivity contribution is 0.287. The number of rotatable bonds is 8. The molecule has 1 aliphatic rings. The minimum atomic E-state index is 0.574. The Morgan fingerprint density at radius 1 is 1.29 bits per heavy atom. The fraction of sp³-hybridized carbons (Fsp3) is 0.824. The summed E-state index contributed by atoms with van der Waals surface area (Å²) in [5, 5.41) is 3.44. The van der Waals surface area contributed by atoms with Gasteiger partial charge in [-0.3, -0.25) is 0 Å². The van der Waals surface area contributed by atoms with Gasteiger partial charge in [-0.25, -0.2) is 4.98 Å². The molecule has 0 bridgehead atoms. The average Bonchev–Trinajstić information content (AvgIpc) is 2.90. The molecular weight excluding hydrogens is 260 g/mol. The predicted octanol–water partition coefficient (Wildman–Crippen LogP) is 2.77. The van der Waals surface area contributed by atoms with Crippen LogP contribution in [-0.4, -0.2) is 40.6 Å². The molecule has 0 aromatic carbocycles. The highest BCUT2D eigenvalue weighted by atomic mass is 15.1. The van der Waals surface area contributed by atoms with Crippen LogP contribution in [0.1, 0.15) is 63.8 Å². The van der Waals surface area contributed by atoms with E-state index < -0.39 is 0 Å². The highest BCUT2D eigenvalue weighted by Crippen LogP contribution is 2.24. The van der Waals surface area contributed by atoms with Gasteiger partial charge in [-0.15, -0.1) is 0 Å². The molecule has 0 aliphatic carbocycles. The maximum absolute atomic E-state index is 4.86. The summed E-state index contributed by atoms with van der Waals surface area (Å²) in [7, 11) is 0. The van der Waals surface area contributed by atoms with Gasteiger partial charge in [-0.2, -0.15) is 0 Å². The topological polar surface area (TPSA) is 33.1 Å². The van der Waals surface area contributed by atoms with Crippen molar-refractivity contribution in [2.45, 2.75) is 66.0 Å². The molecular formula is C17H32N4. The Kier molecular flexibility index (Phi) is 6.24. The second kappa shape index (κ2) is 7.95. The molecule has 1 atom stereocenters. The van der Waals surface area contributed by atoms with E-state index in [1.807, 2.05) is 0 Å². The van der Waals surface area contributed by atoms with Crippen molar-refractivity contribution in [2.24, 2.45) is 0 Å². The molecule has 1 aliphatic heterocycles. The molecule has 2 heterocycles. The van der Waals surface area contributed by atoms with Crippen LogP contribution in [0.5, 0.6) is 0 Å². The molecule has 1 aromatic rings. The van der Waals surface area contributed by atoms with Gasteiger partial charge in [-0.1, -0.05) is 20.8 Å². The van der Waals surface area contributed by atoms with Gasteiger partial charge in [0, 0.05) is 37.7 Å². The summed E-state index contributed by atoms with van der Waals surface area (Å²) < 4.78 is 2.54. The summed E-state index contributed by atoms with van der Waals surface area (Å²) >= 11 is 0. The first-order chi connectivity index (χ1) is 10.2. The van der Waals surface area contributed by atoms with Crippen molar-refractivity contribution in [3.8, 4) is 0 Å². The van der Waals surface area contributed by atoms with Gasteiger partial charge >= 0.3 is 0 Å². The number of nitrogens with one attached hydrogen (secondary N) is 1. The van der Waals surface area contributed by atoms with Gasteiger partial charge in [0.05, 0.1) is 5.69 Å². The van der Waals surface area contributed by atoms with Gasteiger partial charge < -0.3 is 14.8 Å². The maximum atomic E-state index is 4.86.